The summed E-state index contributed by atoms with van der Waals surface area (Å²) < 4.78 is 4.77. The molecule has 12 rings (SSSR count). The topological polar surface area (TPSA) is 35.1 Å². The van der Waals surface area contributed by atoms with E-state index in [0.29, 0.717) is 5.95 Å². The van der Waals surface area contributed by atoms with Crippen molar-refractivity contribution in [2.75, 3.05) is 0 Å². The predicted octanol–water partition coefficient (Wildman–Crippen LogP) is 12.4. The number of nitrogens with zero attached hydrogens (tertiary/aromatic N) is 4. The quantitative estimate of drug-likeness (QED) is 0.177. The molecule has 0 saturated heterocycles. The van der Waals surface area contributed by atoms with Crippen LogP contribution in [-0.2, 0) is 0 Å². The zero-order valence-electron chi connectivity index (χ0n) is 28.0. The maximum absolute atomic E-state index is 5.60. The lowest BCUT2D eigenvalue weighted by Crippen LogP contribution is -2.04. The highest BCUT2D eigenvalue weighted by Gasteiger charge is 2.24. The van der Waals surface area contributed by atoms with Gasteiger partial charge in [0, 0.05) is 43.4 Å². The fraction of sp³-hybridized carbons (Fsp3) is 0. The number of aromatic nitrogens is 4. The summed E-state index contributed by atoms with van der Waals surface area (Å²) >= 11 is 0. The third kappa shape index (κ3) is 3.60. The molecule has 0 aliphatic heterocycles. The second-order valence-electron chi connectivity index (χ2n) is 13.7. The fourth-order valence-corrected chi connectivity index (χ4v) is 8.92. The summed E-state index contributed by atoms with van der Waals surface area (Å²) in [5.74, 6) is 0.657. The predicted molar refractivity (Wildman–Crippen MR) is 217 cm³/mol. The third-order valence-corrected chi connectivity index (χ3v) is 11.0. The van der Waals surface area contributed by atoms with Crippen molar-refractivity contribution in [3.63, 3.8) is 0 Å². The minimum absolute atomic E-state index is 0.657. The van der Waals surface area contributed by atoms with E-state index in [1.54, 1.807) is 0 Å². The minimum atomic E-state index is 0.657. The van der Waals surface area contributed by atoms with Crippen LogP contribution in [0.5, 0.6) is 0 Å². The highest BCUT2D eigenvalue weighted by molar-refractivity contribution is 6.31. The number of hydrogen-bond acceptors (Lipinski definition) is 2. The van der Waals surface area contributed by atoms with E-state index in [1.165, 1.54) is 54.3 Å². The number of fused-ring (bicyclic) bond motifs is 8. The van der Waals surface area contributed by atoms with Gasteiger partial charge in [0.15, 0.2) is 0 Å². The summed E-state index contributed by atoms with van der Waals surface area (Å²) in [4.78, 5) is 11.2. The van der Waals surface area contributed by atoms with Crippen LogP contribution in [0.3, 0.4) is 0 Å². The molecule has 12 aromatic rings. The number of benzene rings is 8. The first kappa shape index (κ1) is 27.7. The van der Waals surface area contributed by atoms with Crippen LogP contribution in [0.15, 0.2) is 170 Å². The van der Waals surface area contributed by atoms with Gasteiger partial charge in [0.25, 0.3) is 0 Å². The maximum Gasteiger partial charge on any atom is 0.235 e. The molecule has 0 radical (unpaired) electrons. The van der Waals surface area contributed by atoms with E-state index < -0.39 is 0 Å². The summed E-state index contributed by atoms with van der Waals surface area (Å²) in [5.41, 5.74) is 10.9. The molecule has 4 heterocycles. The standard InChI is InChI=1S/C48H28N4/c1-3-14-29(15-4-1)37-28-31-18-7-8-19-32(31)43-45(30-16-5-2-6-17-30)49-48(50-46(37)43)52-39-25-12-21-34-36-23-11-22-35-33-20-9-10-24-38(33)51(47(35)36)40-26-13-27-41(52)44(40)42(34)39/h1-28H. The molecule has 0 fully saturated rings. The monoisotopic (exact) mass is 660 g/mol. The summed E-state index contributed by atoms with van der Waals surface area (Å²) in [6.45, 7) is 0. The van der Waals surface area contributed by atoms with Gasteiger partial charge < -0.3 is 4.40 Å². The van der Waals surface area contributed by atoms with Crippen LogP contribution in [0.2, 0.25) is 0 Å². The molecule has 240 valence electrons. The average molecular weight is 661 g/mol. The van der Waals surface area contributed by atoms with Crippen molar-refractivity contribution >= 4 is 81.6 Å². The Morgan fingerprint density at radius 3 is 1.79 bits per heavy atom. The van der Waals surface area contributed by atoms with Crippen LogP contribution in [0.4, 0.5) is 0 Å². The first-order chi connectivity index (χ1) is 25.8. The molecule has 0 saturated carbocycles. The lowest BCUT2D eigenvalue weighted by atomic mass is 9.94. The van der Waals surface area contributed by atoms with Gasteiger partial charge >= 0.3 is 0 Å². The molecule has 4 nitrogen and oxygen atoms in total. The molecule has 4 heteroatoms. The molecule has 52 heavy (non-hydrogen) atoms. The molecule has 4 aromatic heterocycles. The van der Waals surface area contributed by atoms with E-state index in [4.69, 9.17) is 9.97 Å². The number of hydrogen-bond donors (Lipinski definition) is 0. The number of rotatable bonds is 3. The van der Waals surface area contributed by atoms with Gasteiger partial charge in [-0.15, -0.1) is 0 Å². The Hall–Kier alpha value is -7.04. The van der Waals surface area contributed by atoms with Crippen LogP contribution in [-0.4, -0.2) is 18.9 Å². The van der Waals surface area contributed by atoms with Crippen LogP contribution in [0.25, 0.3) is 110 Å². The van der Waals surface area contributed by atoms with E-state index in [-0.39, 0.29) is 0 Å². The van der Waals surface area contributed by atoms with Gasteiger partial charge in [0.1, 0.15) is 0 Å². The lowest BCUT2D eigenvalue weighted by molar-refractivity contribution is 1.01. The van der Waals surface area contributed by atoms with Gasteiger partial charge in [-0.3, -0.25) is 4.57 Å². The normalized spacial score (nSPS) is 12.2. The highest BCUT2D eigenvalue weighted by atomic mass is 15.2. The van der Waals surface area contributed by atoms with Crippen molar-refractivity contribution in [1.82, 2.24) is 18.9 Å². The van der Waals surface area contributed by atoms with Gasteiger partial charge in [-0.05, 0) is 52.1 Å². The van der Waals surface area contributed by atoms with E-state index >= 15 is 0 Å². The molecule has 8 aromatic carbocycles. The summed E-state index contributed by atoms with van der Waals surface area (Å²) in [6.07, 6.45) is 0. The van der Waals surface area contributed by atoms with Crippen molar-refractivity contribution in [2.45, 2.75) is 0 Å². The summed E-state index contributed by atoms with van der Waals surface area (Å²) in [5, 5.41) is 10.8. The van der Waals surface area contributed by atoms with E-state index in [2.05, 4.69) is 179 Å². The first-order valence-corrected chi connectivity index (χ1v) is 17.8. The minimum Gasteiger partial charge on any atom is -0.308 e. The van der Waals surface area contributed by atoms with Gasteiger partial charge in [-0.2, -0.15) is 0 Å². The smallest absolute Gasteiger partial charge is 0.235 e. The molecule has 0 aliphatic carbocycles. The Kier molecular flexibility index (Phi) is 5.47. The Morgan fingerprint density at radius 1 is 0.385 bits per heavy atom. The van der Waals surface area contributed by atoms with Crippen molar-refractivity contribution in [3.8, 4) is 28.3 Å². The maximum atomic E-state index is 5.60. The molecule has 0 aliphatic rings. The first-order valence-electron chi connectivity index (χ1n) is 17.8. The fourth-order valence-electron chi connectivity index (χ4n) is 8.92. The Labute approximate surface area is 297 Å². The molecular formula is C48H28N4. The van der Waals surface area contributed by atoms with E-state index in [0.717, 1.165) is 49.7 Å². The number of para-hydroxylation sites is 2. The van der Waals surface area contributed by atoms with Crippen LogP contribution >= 0.6 is 0 Å². The summed E-state index contributed by atoms with van der Waals surface area (Å²) in [7, 11) is 0. The van der Waals surface area contributed by atoms with Crippen molar-refractivity contribution in [2.24, 2.45) is 0 Å². The highest BCUT2D eigenvalue weighted by Crippen LogP contribution is 2.45. The third-order valence-electron chi connectivity index (χ3n) is 11.0. The Balaban J connectivity index is 1.31. The van der Waals surface area contributed by atoms with Gasteiger partial charge in [-0.1, -0.05) is 140 Å². The average Bonchev–Trinajstić information content (AvgIpc) is 3.70. The Morgan fingerprint density at radius 2 is 0.962 bits per heavy atom. The largest absolute Gasteiger partial charge is 0.308 e. The van der Waals surface area contributed by atoms with Gasteiger partial charge in [0.05, 0.1) is 38.8 Å². The molecular weight excluding hydrogens is 633 g/mol. The molecule has 0 amide bonds. The molecule has 0 N–H and O–H groups in total. The second-order valence-corrected chi connectivity index (χ2v) is 13.7. The van der Waals surface area contributed by atoms with E-state index in [1.807, 2.05) is 0 Å². The van der Waals surface area contributed by atoms with Crippen LogP contribution in [0, 0.1) is 0 Å². The Bertz CT molecular complexity index is 3390. The molecule has 0 spiro atoms. The molecule has 0 atom stereocenters. The van der Waals surface area contributed by atoms with Crippen molar-refractivity contribution in [3.05, 3.63) is 170 Å². The zero-order valence-corrected chi connectivity index (χ0v) is 28.0. The molecule has 0 bridgehead atoms. The van der Waals surface area contributed by atoms with Crippen molar-refractivity contribution in [1.29, 1.82) is 0 Å². The SMILES string of the molecule is c1ccc(-c2cc3ccccc3c3c(-c4ccccc4)nc(-n4c5cccc6c7cccc8c9ccccc9n(c9cccc4c9c65)c78)nc23)cc1. The van der Waals surface area contributed by atoms with Gasteiger partial charge in [0.2, 0.25) is 5.95 Å². The molecule has 0 unspecified atom stereocenters. The van der Waals surface area contributed by atoms with E-state index in [9.17, 15) is 0 Å². The van der Waals surface area contributed by atoms with Gasteiger partial charge in [-0.25, -0.2) is 9.97 Å². The second kappa shape index (κ2) is 10.3. The zero-order chi connectivity index (χ0) is 33.9. The van der Waals surface area contributed by atoms with Crippen LogP contribution < -0.4 is 0 Å². The lowest BCUT2D eigenvalue weighted by Gasteiger charge is -2.16. The van der Waals surface area contributed by atoms with Crippen LogP contribution in [0.1, 0.15) is 0 Å². The van der Waals surface area contributed by atoms with Crippen molar-refractivity contribution < 1.29 is 0 Å². The summed E-state index contributed by atoms with van der Waals surface area (Å²) in [6, 6.07) is 61.0.